The number of nitrogens with one attached hydrogen (secondary N) is 1. The second-order valence-electron chi connectivity index (χ2n) is 8.65. The molecule has 2 N–H and O–H groups in total. The van der Waals surface area contributed by atoms with Crippen LogP contribution in [0.5, 0.6) is 0 Å². The van der Waals surface area contributed by atoms with Crippen LogP contribution in [0.1, 0.15) is 89.5 Å². The van der Waals surface area contributed by atoms with Crippen molar-refractivity contribution in [3.8, 4) is 0 Å². The van der Waals surface area contributed by atoms with Gasteiger partial charge in [-0.15, -0.1) is 0 Å². The highest BCUT2D eigenvalue weighted by atomic mass is 16.6. The normalized spacial score (nSPS) is 11.5. The molecule has 8 nitrogen and oxygen atoms in total. The van der Waals surface area contributed by atoms with Gasteiger partial charge in [0.2, 0.25) is 0 Å². The molecule has 1 amide bonds. The molecular weight excluding hydrogens is 450 g/mol. The van der Waals surface area contributed by atoms with Crippen LogP contribution in [0.15, 0.2) is 30.3 Å². The summed E-state index contributed by atoms with van der Waals surface area (Å²) in [4.78, 5) is 35.4. The molecule has 0 fully saturated rings. The van der Waals surface area contributed by atoms with Crippen LogP contribution in [0.4, 0.5) is 4.79 Å². The Kier molecular flexibility index (Phi) is 18.0. The van der Waals surface area contributed by atoms with Crippen LogP contribution >= 0.6 is 0 Å². The summed E-state index contributed by atoms with van der Waals surface area (Å²) in [6, 6.07) is 9.52. The lowest BCUT2D eigenvalue weighted by atomic mass is 10.1. The molecule has 0 aromatic heterocycles. The maximum absolute atomic E-state index is 11.9. The number of carbonyl (C=O) groups excluding carboxylic acids is 3. The van der Waals surface area contributed by atoms with Gasteiger partial charge in [-0.05, 0) is 24.8 Å². The fourth-order valence-corrected chi connectivity index (χ4v) is 3.39. The summed E-state index contributed by atoms with van der Waals surface area (Å²) in [6.45, 7) is 2.45. The number of rotatable bonds is 20. The molecule has 0 saturated heterocycles. The standard InChI is InChI=1S/C27H43NO7/c1-2-3-4-6-13-18-26(31)35-24(20-29)22-33-25(30)17-12-7-5-8-14-19-28-27(32)34-21-23-15-10-9-11-16-23/h9-11,15-16,24,29H,2-8,12-14,17-22H2,1H3,(H,28,32)/t24-/m0/s1. The number of aliphatic hydroxyl groups excluding tert-OH is 1. The Hall–Kier alpha value is -2.61. The molecule has 35 heavy (non-hydrogen) atoms. The molecule has 198 valence electrons. The van der Waals surface area contributed by atoms with Gasteiger partial charge in [-0.3, -0.25) is 9.59 Å². The Morgan fingerprint density at radius 2 is 1.46 bits per heavy atom. The highest BCUT2D eigenvalue weighted by molar-refractivity contribution is 5.70. The van der Waals surface area contributed by atoms with Gasteiger partial charge in [0.25, 0.3) is 0 Å². The molecule has 0 radical (unpaired) electrons. The predicted octanol–water partition coefficient (Wildman–Crippen LogP) is 5.06. The Morgan fingerprint density at radius 1 is 0.829 bits per heavy atom. The second-order valence-corrected chi connectivity index (χ2v) is 8.65. The third kappa shape index (κ3) is 17.5. The Bertz CT molecular complexity index is 696. The fraction of sp³-hybridized carbons (Fsp3) is 0.667. The zero-order chi connectivity index (χ0) is 25.6. The first-order valence-electron chi connectivity index (χ1n) is 13.0. The molecule has 1 atom stereocenters. The highest BCUT2D eigenvalue weighted by Crippen LogP contribution is 2.09. The number of amides is 1. The van der Waals surface area contributed by atoms with Crippen molar-refractivity contribution in [1.82, 2.24) is 5.32 Å². The molecule has 0 bridgehead atoms. The predicted molar refractivity (Wildman–Crippen MR) is 134 cm³/mol. The van der Waals surface area contributed by atoms with Gasteiger partial charge in [-0.2, -0.15) is 0 Å². The van der Waals surface area contributed by atoms with Crippen LogP contribution < -0.4 is 5.32 Å². The van der Waals surface area contributed by atoms with E-state index < -0.39 is 12.2 Å². The first kappa shape index (κ1) is 30.4. The van der Waals surface area contributed by atoms with Crippen molar-refractivity contribution in [3.63, 3.8) is 0 Å². The summed E-state index contributed by atoms with van der Waals surface area (Å²) < 4.78 is 15.5. The van der Waals surface area contributed by atoms with Crippen LogP contribution in [0.3, 0.4) is 0 Å². The Balaban J connectivity index is 1.97. The zero-order valence-electron chi connectivity index (χ0n) is 21.2. The van der Waals surface area contributed by atoms with Gasteiger partial charge in [0.15, 0.2) is 6.10 Å². The lowest BCUT2D eigenvalue weighted by Crippen LogP contribution is -2.28. The van der Waals surface area contributed by atoms with Crippen LogP contribution in [0.25, 0.3) is 0 Å². The topological polar surface area (TPSA) is 111 Å². The Labute approximate surface area is 209 Å². The number of hydrogen-bond donors (Lipinski definition) is 2. The monoisotopic (exact) mass is 493 g/mol. The van der Waals surface area contributed by atoms with Crippen LogP contribution in [0.2, 0.25) is 0 Å². The number of esters is 2. The van der Waals surface area contributed by atoms with E-state index in [1.807, 2.05) is 30.3 Å². The van der Waals surface area contributed by atoms with E-state index in [4.69, 9.17) is 14.2 Å². The summed E-state index contributed by atoms with van der Waals surface area (Å²) in [6.07, 6.45) is 8.84. The molecule has 0 aliphatic heterocycles. The van der Waals surface area contributed by atoms with Crippen molar-refractivity contribution in [3.05, 3.63) is 35.9 Å². The van der Waals surface area contributed by atoms with Crippen molar-refractivity contribution in [2.75, 3.05) is 19.8 Å². The number of benzene rings is 1. The summed E-state index contributed by atoms with van der Waals surface area (Å²) in [5.41, 5.74) is 0.947. The van der Waals surface area contributed by atoms with Gasteiger partial charge in [0, 0.05) is 19.4 Å². The number of ether oxygens (including phenoxy) is 3. The van der Waals surface area contributed by atoms with E-state index in [0.717, 1.165) is 63.4 Å². The number of aliphatic hydroxyl groups is 1. The van der Waals surface area contributed by atoms with Crippen LogP contribution in [-0.2, 0) is 30.4 Å². The van der Waals surface area contributed by atoms with E-state index in [1.54, 1.807) is 0 Å². The molecule has 0 aliphatic carbocycles. The maximum Gasteiger partial charge on any atom is 0.407 e. The summed E-state index contributed by atoms with van der Waals surface area (Å²) in [5, 5.41) is 12.1. The van der Waals surface area contributed by atoms with E-state index in [2.05, 4.69) is 12.2 Å². The molecule has 1 aromatic carbocycles. The second kappa shape index (κ2) is 20.7. The minimum Gasteiger partial charge on any atom is -0.462 e. The number of hydrogen-bond acceptors (Lipinski definition) is 7. The largest absolute Gasteiger partial charge is 0.462 e. The third-order valence-corrected chi connectivity index (χ3v) is 5.46. The number of unbranched alkanes of at least 4 members (excludes halogenated alkanes) is 8. The smallest absolute Gasteiger partial charge is 0.407 e. The third-order valence-electron chi connectivity index (χ3n) is 5.46. The van der Waals surface area contributed by atoms with Crippen molar-refractivity contribution in [2.24, 2.45) is 0 Å². The average Bonchev–Trinajstić information content (AvgIpc) is 2.87. The molecule has 0 spiro atoms. The van der Waals surface area contributed by atoms with Gasteiger partial charge in [0.1, 0.15) is 13.2 Å². The SMILES string of the molecule is CCCCCCCC(=O)O[C@@H](CO)COC(=O)CCCCCCCNC(=O)OCc1ccccc1. The minimum atomic E-state index is -0.811. The van der Waals surface area contributed by atoms with E-state index in [9.17, 15) is 19.5 Å². The molecule has 0 heterocycles. The maximum atomic E-state index is 11.9. The summed E-state index contributed by atoms with van der Waals surface area (Å²) in [5.74, 6) is -0.725. The van der Waals surface area contributed by atoms with E-state index >= 15 is 0 Å². The van der Waals surface area contributed by atoms with Crippen molar-refractivity contribution < 1.29 is 33.7 Å². The van der Waals surface area contributed by atoms with Gasteiger partial charge in [-0.25, -0.2) is 4.79 Å². The molecule has 0 unspecified atom stereocenters. The number of alkyl carbamates (subject to hydrolysis) is 1. The zero-order valence-corrected chi connectivity index (χ0v) is 21.2. The molecular formula is C27H43NO7. The first-order chi connectivity index (χ1) is 17.0. The van der Waals surface area contributed by atoms with E-state index in [-0.39, 0.29) is 38.2 Å². The van der Waals surface area contributed by atoms with Crippen molar-refractivity contribution >= 4 is 18.0 Å². The molecule has 8 heteroatoms. The molecule has 1 rings (SSSR count). The Morgan fingerprint density at radius 3 is 2.14 bits per heavy atom. The van der Waals surface area contributed by atoms with Crippen LogP contribution in [0, 0.1) is 0 Å². The quantitative estimate of drug-likeness (QED) is 0.148. The van der Waals surface area contributed by atoms with Gasteiger partial charge in [0.05, 0.1) is 6.61 Å². The molecule has 0 aliphatic rings. The lowest BCUT2D eigenvalue weighted by molar-refractivity contribution is -0.161. The first-order valence-corrected chi connectivity index (χ1v) is 13.0. The van der Waals surface area contributed by atoms with Crippen molar-refractivity contribution in [2.45, 2.75) is 96.7 Å². The van der Waals surface area contributed by atoms with Crippen molar-refractivity contribution in [1.29, 1.82) is 0 Å². The lowest BCUT2D eigenvalue weighted by Gasteiger charge is -2.15. The summed E-state index contributed by atoms with van der Waals surface area (Å²) >= 11 is 0. The molecule has 0 saturated carbocycles. The van der Waals surface area contributed by atoms with E-state index in [0.29, 0.717) is 19.4 Å². The van der Waals surface area contributed by atoms with E-state index in [1.165, 1.54) is 0 Å². The minimum absolute atomic E-state index is 0.122. The fourth-order valence-electron chi connectivity index (χ4n) is 3.39. The van der Waals surface area contributed by atoms with Gasteiger partial charge >= 0.3 is 18.0 Å². The van der Waals surface area contributed by atoms with Crippen LogP contribution in [-0.4, -0.2) is 49.0 Å². The average molecular weight is 494 g/mol. The molecule has 1 aromatic rings. The van der Waals surface area contributed by atoms with Gasteiger partial charge in [-0.1, -0.05) is 82.2 Å². The summed E-state index contributed by atoms with van der Waals surface area (Å²) in [7, 11) is 0. The number of carbonyl (C=O) groups is 3. The highest BCUT2D eigenvalue weighted by Gasteiger charge is 2.16. The van der Waals surface area contributed by atoms with Gasteiger partial charge < -0.3 is 24.6 Å².